The zero-order valence-electron chi connectivity index (χ0n) is 16.4. The summed E-state index contributed by atoms with van der Waals surface area (Å²) in [6, 6.07) is 5.71. The molecule has 0 fully saturated rings. The lowest BCUT2D eigenvalue weighted by Gasteiger charge is -2.30. The molecule has 7 nitrogen and oxygen atoms in total. The Bertz CT molecular complexity index is 988. The number of carbonyl (C=O) groups excluding carboxylic acids is 1. The Morgan fingerprint density at radius 3 is 2.75 bits per heavy atom. The first kappa shape index (κ1) is 20.0. The molecule has 0 aliphatic carbocycles. The van der Waals surface area contributed by atoms with Gasteiger partial charge in [-0.15, -0.1) is 11.3 Å². The van der Waals surface area contributed by atoms with Gasteiger partial charge in [0, 0.05) is 11.8 Å². The lowest BCUT2D eigenvalue weighted by molar-refractivity contribution is -0.0183. The van der Waals surface area contributed by atoms with E-state index >= 15 is 0 Å². The Labute approximate surface area is 167 Å². The molecule has 0 saturated heterocycles. The number of hydrogen-bond acceptors (Lipinski definition) is 7. The van der Waals surface area contributed by atoms with E-state index in [0.29, 0.717) is 23.9 Å². The van der Waals surface area contributed by atoms with Crippen LogP contribution in [0.15, 0.2) is 29.9 Å². The zero-order valence-corrected chi connectivity index (χ0v) is 17.2. The van der Waals surface area contributed by atoms with Crippen LogP contribution in [0.3, 0.4) is 0 Å². The van der Waals surface area contributed by atoms with E-state index in [1.807, 2.05) is 32.0 Å². The maximum Gasteiger partial charge on any atom is 0.405 e. The van der Waals surface area contributed by atoms with E-state index in [4.69, 9.17) is 15.2 Å². The van der Waals surface area contributed by atoms with Crippen LogP contribution in [0, 0.1) is 12.8 Å². The number of amides is 1. The smallest absolute Gasteiger partial charge is 0.405 e. The number of fused-ring (bicyclic) bond motifs is 1. The van der Waals surface area contributed by atoms with Gasteiger partial charge in [0.2, 0.25) is 0 Å². The monoisotopic (exact) mass is 400 g/mol. The fourth-order valence-corrected chi connectivity index (χ4v) is 4.15. The highest BCUT2D eigenvalue weighted by Gasteiger charge is 2.31. The molecule has 8 heteroatoms. The number of nitrogens with zero attached hydrogens (tertiary/aromatic N) is 3. The van der Waals surface area contributed by atoms with Crippen molar-refractivity contribution >= 4 is 27.6 Å². The molecule has 3 aromatic rings. The second-order valence-electron chi connectivity index (χ2n) is 7.39. The van der Waals surface area contributed by atoms with Gasteiger partial charge in [-0.3, -0.25) is 0 Å². The Kier molecular flexibility index (Phi) is 5.79. The largest absolute Gasteiger partial charge is 0.487 e. The molecule has 28 heavy (non-hydrogen) atoms. The first-order valence-electron chi connectivity index (χ1n) is 9.05. The van der Waals surface area contributed by atoms with Gasteiger partial charge in [-0.1, -0.05) is 13.8 Å². The summed E-state index contributed by atoms with van der Waals surface area (Å²) in [6.45, 7) is 7.99. The van der Waals surface area contributed by atoms with Crippen molar-refractivity contribution in [3.63, 3.8) is 0 Å². The molecule has 0 saturated carbocycles. The summed E-state index contributed by atoms with van der Waals surface area (Å²) in [5, 5.41) is 0. The number of primary amides is 1. The van der Waals surface area contributed by atoms with Gasteiger partial charge in [0.1, 0.15) is 29.3 Å². The highest BCUT2D eigenvalue weighted by Crippen LogP contribution is 2.36. The SMILES string of the molecule is Cc1nccc(-c2ccc(OC[C@](C)(CC(C)C)OC(N)=O)c3ncsc23)n1. The molecule has 0 aliphatic heterocycles. The van der Waals surface area contributed by atoms with Crippen molar-refractivity contribution in [2.75, 3.05) is 6.61 Å². The highest BCUT2D eigenvalue weighted by atomic mass is 32.1. The average Bonchev–Trinajstić information content (AvgIpc) is 3.08. The third-order valence-corrected chi connectivity index (χ3v) is 5.08. The van der Waals surface area contributed by atoms with Crippen molar-refractivity contribution in [2.24, 2.45) is 11.7 Å². The van der Waals surface area contributed by atoms with Gasteiger partial charge >= 0.3 is 6.09 Å². The number of nitrogens with two attached hydrogens (primary N) is 1. The Morgan fingerprint density at radius 1 is 1.29 bits per heavy atom. The third kappa shape index (κ3) is 4.56. The predicted molar refractivity (Wildman–Crippen MR) is 109 cm³/mol. The molecule has 2 N–H and O–H groups in total. The molecule has 0 spiro atoms. The van der Waals surface area contributed by atoms with Gasteiger partial charge in [0.25, 0.3) is 0 Å². The molecule has 1 aromatic carbocycles. The van der Waals surface area contributed by atoms with Crippen LogP contribution < -0.4 is 10.5 Å². The number of benzene rings is 1. The number of hydrogen-bond donors (Lipinski definition) is 1. The fourth-order valence-electron chi connectivity index (χ4n) is 3.32. The number of aryl methyl sites for hydroxylation is 1. The number of aromatic nitrogens is 3. The van der Waals surface area contributed by atoms with Gasteiger partial charge in [-0.25, -0.2) is 19.7 Å². The Morgan fingerprint density at radius 2 is 2.07 bits per heavy atom. The third-order valence-electron chi connectivity index (χ3n) is 4.22. The molecule has 148 valence electrons. The van der Waals surface area contributed by atoms with Crippen LogP contribution in [-0.4, -0.2) is 33.3 Å². The van der Waals surface area contributed by atoms with Crippen LogP contribution in [0.2, 0.25) is 0 Å². The number of ether oxygens (including phenoxy) is 2. The number of thiazole rings is 1. The van der Waals surface area contributed by atoms with Crippen LogP contribution in [0.25, 0.3) is 21.5 Å². The molecule has 2 aromatic heterocycles. The van der Waals surface area contributed by atoms with E-state index in [9.17, 15) is 4.79 Å². The van der Waals surface area contributed by atoms with Crippen molar-refractivity contribution in [3.05, 3.63) is 35.7 Å². The minimum absolute atomic E-state index is 0.187. The second kappa shape index (κ2) is 8.10. The summed E-state index contributed by atoms with van der Waals surface area (Å²) < 4.78 is 12.4. The van der Waals surface area contributed by atoms with Crippen LogP contribution in [-0.2, 0) is 4.74 Å². The van der Waals surface area contributed by atoms with E-state index < -0.39 is 11.7 Å². The lowest BCUT2D eigenvalue weighted by atomic mass is 9.95. The van der Waals surface area contributed by atoms with Crippen molar-refractivity contribution in [2.45, 2.75) is 39.7 Å². The summed E-state index contributed by atoms with van der Waals surface area (Å²) in [5.41, 5.74) is 8.80. The molecule has 0 bridgehead atoms. The van der Waals surface area contributed by atoms with Crippen molar-refractivity contribution < 1.29 is 14.3 Å². The average molecular weight is 401 g/mol. The molecule has 1 atom stereocenters. The summed E-state index contributed by atoms with van der Waals surface area (Å²) in [6.07, 6.45) is 1.57. The minimum Gasteiger partial charge on any atom is -0.487 e. The molecular weight excluding hydrogens is 376 g/mol. The number of rotatable bonds is 7. The normalized spacial score (nSPS) is 13.5. The first-order valence-corrected chi connectivity index (χ1v) is 9.93. The molecule has 3 rings (SSSR count). The topological polar surface area (TPSA) is 100 Å². The van der Waals surface area contributed by atoms with Crippen LogP contribution in [0.4, 0.5) is 4.79 Å². The lowest BCUT2D eigenvalue weighted by Crippen LogP contribution is -2.41. The van der Waals surface area contributed by atoms with E-state index in [1.54, 1.807) is 11.7 Å². The van der Waals surface area contributed by atoms with Gasteiger partial charge in [0.05, 0.1) is 15.9 Å². The Hall–Kier alpha value is -2.74. The van der Waals surface area contributed by atoms with E-state index in [0.717, 1.165) is 21.5 Å². The van der Waals surface area contributed by atoms with Crippen molar-refractivity contribution in [1.82, 2.24) is 15.0 Å². The molecule has 0 radical (unpaired) electrons. The predicted octanol–water partition coefficient (Wildman–Crippen LogP) is 4.34. The molecular formula is C20H24N4O3S. The standard InChI is InChI=1S/C20H24N4O3S/c1-12(2)9-20(4,27-19(21)25)10-26-16-6-5-14(18-17(16)23-11-28-18)15-7-8-22-13(3)24-15/h5-8,11-12H,9-10H2,1-4H3,(H2,21,25)/t20-/m0/s1. The van der Waals surface area contributed by atoms with E-state index in [-0.39, 0.29) is 6.61 Å². The Balaban J connectivity index is 1.89. The maximum atomic E-state index is 11.3. The van der Waals surface area contributed by atoms with Crippen molar-refractivity contribution in [1.29, 1.82) is 0 Å². The van der Waals surface area contributed by atoms with Crippen LogP contribution in [0.5, 0.6) is 5.75 Å². The maximum absolute atomic E-state index is 11.3. The molecule has 1 amide bonds. The number of carbonyl (C=O) groups is 1. The van der Waals surface area contributed by atoms with Gasteiger partial charge in [-0.2, -0.15) is 0 Å². The molecule has 0 aliphatic rings. The van der Waals surface area contributed by atoms with Gasteiger partial charge < -0.3 is 15.2 Å². The van der Waals surface area contributed by atoms with Gasteiger partial charge in [0.15, 0.2) is 0 Å². The van der Waals surface area contributed by atoms with E-state index in [1.165, 1.54) is 11.3 Å². The quantitative estimate of drug-likeness (QED) is 0.633. The second-order valence-corrected chi connectivity index (χ2v) is 8.24. The summed E-state index contributed by atoms with van der Waals surface area (Å²) in [7, 11) is 0. The van der Waals surface area contributed by atoms with Crippen LogP contribution in [0.1, 0.15) is 33.0 Å². The molecule has 0 unspecified atom stereocenters. The fraction of sp³-hybridized carbons (Fsp3) is 0.400. The van der Waals surface area contributed by atoms with E-state index in [2.05, 4.69) is 28.8 Å². The zero-order chi connectivity index (χ0) is 20.3. The minimum atomic E-state index is -0.815. The summed E-state index contributed by atoms with van der Waals surface area (Å²) in [4.78, 5) is 24.5. The van der Waals surface area contributed by atoms with Crippen molar-refractivity contribution in [3.8, 4) is 17.0 Å². The van der Waals surface area contributed by atoms with Gasteiger partial charge in [-0.05, 0) is 44.4 Å². The first-order chi connectivity index (χ1) is 13.3. The summed E-state index contributed by atoms with van der Waals surface area (Å²) in [5.74, 6) is 1.66. The highest BCUT2D eigenvalue weighted by molar-refractivity contribution is 7.17. The summed E-state index contributed by atoms with van der Waals surface area (Å²) >= 11 is 1.53. The van der Waals surface area contributed by atoms with Crippen LogP contribution >= 0.6 is 11.3 Å². The molecule has 2 heterocycles.